The largest absolute Gasteiger partial charge is 0.458 e. The fourth-order valence-electron chi connectivity index (χ4n) is 3.35. The molecule has 2 fully saturated rings. The van der Waals surface area contributed by atoms with Gasteiger partial charge in [-0.05, 0) is 33.2 Å². The van der Waals surface area contributed by atoms with Crippen LogP contribution in [0.15, 0.2) is 0 Å². The molecule has 2 saturated heterocycles. The van der Waals surface area contributed by atoms with Gasteiger partial charge in [0.2, 0.25) is 0 Å². The molecule has 2 aliphatic heterocycles. The van der Waals surface area contributed by atoms with Crippen LogP contribution < -0.4 is 0 Å². The lowest BCUT2D eigenvalue weighted by molar-refractivity contribution is -0.203. The summed E-state index contributed by atoms with van der Waals surface area (Å²) in [4.78, 5) is 25.1. The molecule has 0 N–H and O–H groups in total. The van der Waals surface area contributed by atoms with Gasteiger partial charge in [-0.1, -0.05) is 0 Å². The van der Waals surface area contributed by atoms with Crippen molar-refractivity contribution in [2.45, 2.75) is 71.0 Å². The zero-order chi connectivity index (χ0) is 15.6. The fourth-order valence-corrected chi connectivity index (χ4v) is 3.35. The van der Waals surface area contributed by atoms with Crippen molar-refractivity contribution >= 4 is 11.9 Å². The van der Waals surface area contributed by atoms with Crippen LogP contribution in [-0.2, 0) is 23.8 Å². The number of esters is 2. The summed E-state index contributed by atoms with van der Waals surface area (Å²) < 4.78 is 16.9. The van der Waals surface area contributed by atoms with Crippen molar-refractivity contribution in [2.75, 3.05) is 13.1 Å². The summed E-state index contributed by atoms with van der Waals surface area (Å²) in [5.74, 6) is -0.663. The van der Waals surface area contributed by atoms with Crippen LogP contribution in [0.4, 0.5) is 0 Å². The van der Waals surface area contributed by atoms with E-state index >= 15 is 0 Å². The van der Waals surface area contributed by atoms with Gasteiger partial charge in [-0.2, -0.15) is 0 Å². The van der Waals surface area contributed by atoms with Crippen molar-refractivity contribution in [1.82, 2.24) is 4.90 Å². The summed E-state index contributed by atoms with van der Waals surface area (Å²) in [6, 6.07) is 0.157. The predicted molar refractivity (Wildman–Crippen MR) is 75.7 cm³/mol. The van der Waals surface area contributed by atoms with E-state index < -0.39 is 12.2 Å². The smallest absolute Gasteiger partial charge is 0.303 e. The number of hydrogen-bond donors (Lipinski definition) is 0. The number of rotatable bonds is 4. The second-order valence-electron chi connectivity index (χ2n) is 6.08. The zero-order valence-electron chi connectivity index (χ0n) is 13.2. The van der Waals surface area contributed by atoms with E-state index in [2.05, 4.69) is 4.90 Å². The lowest BCUT2D eigenvalue weighted by Gasteiger charge is -2.45. The van der Waals surface area contributed by atoms with Crippen molar-refractivity contribution in [3.05, 3.63) is 0 Å². The third-order valence-corrected chi connectivity index (χ3v) is 3.95. The molecule has 6 nitrogen and oxygen atoms in total. The first kappa shape index (κ1) is 16.2. The molecule has 0 aromatic rings. The average Bonchev–Trinajstić information content (AvgIpc) is 2.79. The molecular weight excluding hydrogens is 274 g/mol. The summed E-state index contributed by atoms with van der Waals surface area (Å²) in [6.07, 6.45) is 0.817. The Hall–Kier alpha value is -1.14. The van der Waals surface area contributed by atoms with Crippen molar-refractivity contribution in [2.24, 2.45) is 0 Å². The first-order valence-corrected chi connectivity index (χ1v) is 7.62. The molecule has 0 unspecified atom stereocenters. The van der Waals surface area contributed by atoms with E-state index in [1.165, 1.54) is 13.8 Å². The van der Waals surface area contributed by atoms with Crippen molar-refractivity contribution in [1.29, 1.82) is 0 Å². The fraction of sp³-hybridized carbons (Fsp3) is 0.867. The molecule has 21 heavy (non-hydrogen) atoms. The monoisotopic (exact) mass is 299 g/mol. The van der Waals surface area contributed by atoms with E-state index in [-0.39, 0.29) is 30.2 Å². The molecule has 120 valence electrons. The molecule has 0 spiro atoms. The maximum absolute atomic E-state index is 11.5. The summed E-state index contributed by atoms with van der Waals surface area (Å²) in [6.45, 7) is 8.23. The minimum absolute atomic E-state index is 0.0286. The highest BCUT2D eigenvalue weighted by atomic mass is 16.6. The van der Waals surface area contributed by atoms with Crippen LogP contribution >= 0.6 is 0 Å². The molecule has 4 atom stereocenters. The maximum atomic E-state index is 11.5. The van der Waals surface area contributed by atoms with Crippen LogP contribution in [0, 0.1) is 0 Å². The molecule has 0 saturated carbocycles. The molecule has 2 heterocycles. The van der Waals surface area contributed by atoms with E-state index in [0.29, 0.717) is 6.54 Å². The van der Waals surface area contributed by atoms with E-state index in [1.54, 1.807) is 0 Å². The van der Waals surface area contributed by atoms with Gasteiger partial charge in [0.1, 0.15) is 18.3 Å². The quantitative estimate of drug-likeness (QED) is 0.725. The molecule has 0 bridgehead atoms. The van der Waals surface area contributed by atoms with E-state index in [4.69, 9.17) is 14.2 Å². The Labute approximate surface area is 125 Å². The summed E-state index contributed by atoms with van der Waals surface area (Å²) in [7, 11) is 0. The van der Waals surface area contributed by atoms with Crippen LogP contribution in [0.1, 0.15) is 40.5 Å². The highest BCUT2D eigenvalue weighted by molar-refractivity contribution is 5.67. The first-order chi connectivity index (χ1) is 9.88. The van der Waals surface area contributed by atoms with Gasteiger partial charge >= 0.3 is 11.9 Å². The Morgan fingerprint density at radius 2 is 1.76 bits per heavy atom. The van der Waals surface area contributed by atoms with Gasteiger partial charge in [0.15, 0.2) is 0 Å². The second-order valence-corrected chi connectivity index (χ2v) is 6.08. The molecule has 0 radical (unpaired) electrons. The molecule has 6 heteroatoms. The van der Waals surface area contributed by atoms with Crippen LogP contribution in [0.2, 0.25) is 0 Å². The second kappa shape index (κ2) is 6.75. The van der Waals surface area contributed by atoms with Gasteiger partial charge in [0.25, 0.3) is 0 Å². The Balaban J connectivity index is 2.23. The van der Waals surface area contributed by atoms with Crippen LogP contribution in [0.25, 0.3) is 0 Å². The van der Waals surface area contributed by atoms with E-state index in [1.807, 2.05) is 13.8 Å². The topological polar surface area (TPSA) is 65.1 Å². The van der Waals surface area contributed by atoms with E-state index in [9.17, 15) is 9.59 Å². The van der Waals surface area contributed by atoms with Gasteiger partial charge in [-0.3, -0.25) is 14.5 Å². The number of hydrogen-bond acceptors (Lipinski definition) is 6. The first-order valence-electron chi connectivity index (χ1n) is 7.62. The third kappa shape index (κ3) is 3.95. The number of fused-ring (bicyclic) bond motifs is 1. The summed E-state index contributed by atoms with van der Waals surface area (Å²) in [5, 5.41) is 0. The minimum Gasteiger partial charge on any atom is -0.458 e. The summed E-state index contributed by atoms with van der Waals surface area (Å²) >= 11 is 0. The van der Waals surface area contributed by atoms with Crippen molar-refractivity contribution < 1.29 is 23.8 Å². The van der Waals surface area contributed by atoms with Crippen LogP contribution in [-0.4, -0.2) is 60.4 Å². The van der Waals surface area contributed by atoms with Crippen LogP contribution in [0.5, 0.6) is 0 Å². The Kier molecular flexibility index (Phi) is 5.22. The number of carbonyl (C=O) groups is 2. The lowest BCUT2D eigenvalue weighted by Crippen LogP contribution is -2.62. The van der Waals surface area contributed by atoms with Gasteiger partial charge in [-0.15, -0.1) is 0 Å². The predicted octanol–water partition coefficient (Wildman–Crippen LogP) is 1.12. The number of carbonyl (C=O) groups excluding carboxylic acids is 2. The lowest BCUT2D eigenvalue weighted by atomic mass is 9.93. The standard InChI is InChI=1S/C15H25NO5/c1-9(2)19-15-13(20-10(3)17)8-16-7-5-6-12(16)14(15)21-11(4)18/h9,12-15H,5-8H2,1-4H3/t12-,13+,14+,15-/m1/s1. The minimum atomic E-state index is -0.405. The Morgan fingerprint density at radius 1 is 1.10 bits per heavy atom. The number of ether oxygens (including phenoxy) is 3. The highest BCUT2D eigenvalue weighted by Crippen LogP contribution is 2.33. The highest BCUT2D eigenvalue weighted by Gasteiger charge is 2.49. The van der Waals surface area contributed by atoms with Gasteiger partial charge in [0.05, 0.1) is 6.10 Å². The molecule has 0 amide bonds. The molecule has 0 aliphatic carbocycles. The Bertz CT molecular complexity index is 398. The van der Waals surface area contributed by atoms with Crippen LogP contribution in [0.3, 0.4) is 0 Å². The van der Waals surface area contributed by atoms with Crippen molar-refractivity contribution in [3.63, 3.8) is 0 Å². The molecular formula is C15H25NO5. The molecule has 0 aromatic heterocycles. The molecule has 2 aliphatic rings. The third-order valence-electron chi connectivity index (χ3n) is 3.95. The van der Waals surface area contributed by atoms with E-state index in [0.717, 1.165) is 19.4 Å². The molecule has 0 aromatic carbocycles. The Morgan fingerprint density at radius 3 is 2.33 bits per heavy atom. The normalized spacial score (nSPS) is 32.8. The summed E-state index contributed by atoms with van der Waals surface area (Å²) in [5.41, 5.74) is 0. The molecule has 2 rings (SSSR count). The SMILES string of the molecule is CC(=O)O[C@@H]1[C@H](OC(C)C)[C@@H](OC(C)=O)CN2CCC[C@H]12. The van der Waals surface area contributed by atoms with Gasteiger partial charge in [0, 0.05) is 26.4 Å². The average molecular weight is 299 g/mol. The number of nitrogens with zero attached hydrogens (tertiary/aromatic N) is 1. The zero-order valence-corrected chi connectivity index (χ0v) is 13.2. The van der Waals surface area contributed by atoms with Crippen molar-refractivity contribution in [3.8, 4) is 0 Å². The van der Waals surface area contributed by atoms with Gasteiger partial charge in [-0.25, -0.2) is 0 Å². The van der Waals surface area contributed by atoms with Gasteiger partial charge < -0.3 is 14.2 Å². The number of piperidine rings is 1. The maximum Gasteiger partial charge on any atom is 0.303 e.